The molecule has 0 fully saturated rings. The lowest BCUT2D eigenvalue weighted by atomic mass is 10.1. The SMILES string of the molecule is CCOC(C)(C)c1noc(-c2ccc(C)cc2O)n1. The molecule has 5 heteroatoms. The van der Waals surface area contributed by atoms with Crippen LogP contribution in [0.3, 0.4) is 0 Å². The van der Waals surface area contributed by atoms with Gasteiger partial charge in [-0.15, -0.1) is 0 Å². The highest BCUT2D eigenvalue weighted by Gasteiger charge is 2.27. The number of phenols is 1. The van der Waals surface area contributed by atoms with Gasteiger partial charge in [-0.1, -0.05) is 11.2 Å². The Hall–Kier alpha value is -1.88. The molecule has 0 aliphatic heterocycles. The molecule has 0 aliphatic carbocycles. The van der Waals surface area contributed by atoms with Crippen LogP contribution in [-0.4, -0.2) is 21.9 Å². The second kappa shape index (κ2) is 5.01. The standard InChI is InChI=1S/C14H18N2O3/c1-5-18-14(3,4)13-15-12(19-16-13)10-7-6-9(2)8-11(10)17/h6-8,17H,5H2,1-4H3. The van der Waals surface area contributed by atoms with Crippen molar-refractivity contribution < 1.29 is 14.4 Å². The van der Waals surface area contributed by atoms with Crippen LogP contribution in [0.5, 0.6) is 5.75 Å². The quantitative estimate of drug-likeness (QED) is 0.917. The van der Waals surface area contributed by atoms with E-state index in [1.807, 2.05) is 33.8 Å². The van der Waals surface area contributed by atoms with Crippen molar-refractivity contribution in [3.8, 4) is 17.2 Å². The van der Waals surface area contributed by atoms with E-state index >= 15 is 0 Å². The van der Waals surface area contributed by atoms with Gasteiger partial charge in [0.25, 0.3) is 5.89 Å². The van der Waals surface area contributed by atoms with Crippen LogP contribution in [0.15, 0.2) is 22.7 Å². The van der Waals surface area contributed by atoms with Gasteiger partial charge in [-0.2, -0.15) is 4.98 Å². The predicted octanol–water partition coefficient (Wildman–Crippen LogP) is 3.02. The summed E-state index contributed by atoms with van der Waals surface area (Å²) in [4.78, 5) is 4.30. The van der Waals surface area contributed by atoms with Crippen LogP contribution >= 0.6 is 0 Å². The first kappa shape index (κ1) is 13.5. The van der Waals surface area contributed by atoms with E-state index < -0.39 is 5.60 Å². The van der Waals surface area contributed by atoms with Crippen LogP contribution in [0.4, 0.5) is 0 Å². The fraction of sp³-hybridized carbons (Fsp3) is 0.429. The summed E-state index contributed by atoms with van der Waals surface area (Å²) in [5.41, 5.74) is 0.879. The fourth-order valence-electron chi connectivity index (χ4n) is 1.83. The fourth-order valence-corrected chi connectivity index (χ4v) is 1.83. The van der Waals surface area contributed by atoms with Gasteiger partial charge in [0.15, 0.2) is 0 Å². The van der Waals surface area contributed by atoms with E-state index in [9.17, 15) is 5.11 Å². The monoisotopic (exact) mass is 262 g/mol. The molecule has 0 radical (unpaired) electrons. The Kier molecular flexibility index (Phi) is 3.57. The second-order valence-corrected chi connectivity index (χ2v) is 4.89. The van der Waals surface area contributed by atoms with Gasteiger partial charge in [-0.05, 0) is 45.4 Å². The topological polar surface area (TPSA) is 68.4 Å². The van der Waals surface area contributed by atoms with E-state index in [-0.39, 0.29) is 5.75 Å². The van der Waals surface area contributed by atoms with E-state index in [1.165, 1.54) is 0 Å². The number of aromatic hydroxyl groups is 1. The maximum Gasteiger partial charge on any atom is 0.261 e. The Morgan fingerprint density at radius 1 is 1.37 bits per heavy atom. The summed E-state index contributed by atoms with van der Waals surface area (Å²) in [6.07, 6.45) is 0. The van der Waals surface area contributed by atoms with Crippen molar-refractivity contribution in [1.82, 2.24) is 10.1 Å². The van der Waals surface area contributed by atoms with Crippen LogP contribution in [0, 0.1) is 6.92 Å². The molecule has 1 aromatic carbocycles. The summed E-state index contributed by atoms with van der Waals surface area (Å²) in [7, 11) is 0. The molecule has 0 bridgehead atoms. The molecule has 0 saturated carbocycles. The molecule has 0 unspecified atom stereocenters. The maximum atomic E-state index is 9.90. The normalized spacial score (nSPS) is 11.8. The highest BCUT2D eigenvalue weighted by molar-refractivity contribution is 5.62. The smallest absolute Gasteiger partial charge is 0.261 e. The molecule has 1 aromatic heterocycles. The zero-order valence-corrected chi connectivity index (χ0v) is 11.6. The summed E-state index contributed by atoms with van der Waals surface area (Å²) in [5, 5.41) is 13.8. The molecular formula is C14H18N2O3. The first-order valence-electron chi connectivity index (χ1n) is 6.22. The van der Waals surface area contributed by atoms with Crippen LogP contribution in [0.1, 0.15) is 32.2 Å². The van der Waals surface area contributed by atoms with Crippen molar-refractivity contribution in [2.45, 2.75) is 33.3 Å². The van der Waals surface area contributed by atoms with E-state index in [1.54, 1.807) is 12.1 Å². The number of rotatable bonds is 4. The van der Waals surface area contributed by atoms with Crippen LogP contribution < -0.4 is 0 Å². The van der Waals surface area contributed by atoms with E-state index in [0.29, 0.717) is 23.9 Å². The summed E-state index contributed by atoms with van der Waals surface area (Å²) in [6.45, 7) is 8.13. The number of phenolic OH excluding ortho intramolecular Hbond substituents is 1. The van der Waals surface area contributed by atoms with Crippen LogP contribution in [0.2, 0.25) is 0 Å². The maximum absolute atomic E-state index is 9.90. The minimum Gasteiger partial charge on any atom is -0.507 e. The number of benzene rings is 1. The zero-order valence-electron chi connectivity index (χ0n) is 11.6. The largest absolute Gasteiger partial charge is 0.507 e. The van der Waals surface area contributed by atoms with E-state index in [2.05, 4.69) is 10.1 Å². The number of aromatic nitrogens is 2. The molecule has 0 spiro atoms. The molecule has 0 amide bonds. The lowest BCUT2D eigenvalue weighted by molar-refractivity contribution is -0.0221. The molecule has 2 aromatic rings. The van der Waals surface area contributed by atoms with Crippen molar-refractivity contribution in [1.29, 1.82) is 0 Å². The first-order valence-corrected chi connectivity index (χ1v) is 6.22. The molecule has 1 N–H and O–H groups in total. The second-order valence-electron chi connectivity index (χ2n) is 4.89. The number of aryl methyl sites for hydroxylation is 1. The van der Waals surface area contributed by atoms with Gasteiger partial charge in [0.1, 0.15) is 11.4 Å². The lowest BCUT2D eigenvalue weighted by Gasteiger charge is -2.19. The Morgan fingerprint density at radius 2 is 2.11 bits per heavy atom. The molecule has 19 heavy (non-hydrogen) atoms. The summed E-state index contributed by atoms with van der Waals surface area (Å²) in [6, 6.07) is 5.30. The molecule has 0 atom stereocenters. The summed E-state index contributed by atoms with van der Waals surface area (Å²) < 4.78 is 10.8. The molecule has 5 nitrogen and oxygen atoms in total. The number of hydrogen-bond acceptors (Lipinski definition) is 5. The third kappa shape index (κ3) is 2.76. The summed E-state index contributed by atoms with van der Waals surface area (Å²) in [5.74, 6) is 0.883. The Morgan fingerprint density at radius 3 is 2.74 bits per heavy atom. The van der Waals surface area contributed by atoms with Gasteiger partial charge in [0.05, 0.1) is 5.56 Å². The summed E-state index contributed by atoms with van der Waals surface area (Å²) >= 11 is 0. The van der Waals surface area contributed by atoms with Gasteiger partial charge in [0, 0.05) is 6.61 Å². The number of hydrogen-bond donors (Lipinski definition) is 1. The third-order valence-electron chi connectivity index (χ3n) is 2.85. The van der Waals surface area contributed by atoms with Crippen molar-refractivity contribution in [2.75, 3.05) is 6.61 Å². The predicted molar refractivity (Wildman–Crippen MR) is 70.8 cm³/mol. The number of nitrogens with zero attached hydrogens (tertiary/aromatic N) is 2. The van der Waals surface area contributed by atoms with E-state index in [4.69, 9.17) is 9.26 Å². The molecule has 0 aliphatic rings. The van der Waals surface area contributed by atoms with Crippen molar-refractivity contribution in [3.05, 3.63) is 29.6 Å². The first-order chi connectivity index (χ1) is 8.94. The Bertz CT molecular complexity index is 576. The van der Waals surface area contributed by atoms with Gasteiger partial charge in [-0.3, -0.25) is 0 Å². The van der Waals surface area contributed by atoms with Gasteiger partial charge >= 0.3 is 0 Å². The Balaban J connectivity index is 2.35. The molecule has 0 saturated heterocycles. The van der Waals surface area contributed by atoms with Gasteiger partial charge < -0.3 is 14.4 Å². The highest BCUT2D eigenvalue weighted by Crippen LogP contribution is 2.30. The van der Waals surface area contributed by atoms with Crippen molar-refractivity contribution in [3.63, 3.8) is 0 Å². The highest BCUT2D eigenvalue weighted by atomic mass is 16.5. The third-order valence-corrected chi connectivity index (χ3v) is 2.85. The Labute approximate surface area is 112 Å². The molecule has 1 heterocycles. The average Bonchev–Trinajstić information content (AvgIpc) is 2.78. The number of ether oxygens (including phenoxy) is 1. The van der Waals surface area contributed by atoms with Gasteiger partial charge in [-0.25, -0.2) is 0 Å². The molecule has 102 valence electrons. The molecule has 2 rings (SSSR count). The van der Waals surface area contributed by atoms with Gasteiger partial charge in [0.2, 0.25) is 5.82 Å². The molecular weight excluding hydrogens is 244 g/mol. The van der Waals surface area contributed by atoms with E-state index in [0.717, 1.165) is 5.56 Å². The minimum absolute atomic E-state index is 0.129. The average molecular weight is 262 g/mol. The van der Waals surface area contributed by atoms with Crippen molar-refractivity contribution in [2.24, 2.45) is 0 Å². The van der Waals surface area contributed by atoms with Crippen LogP contribution in [0.25, 0.3) is 11.5 Å². The lowest BCUT2D eigenvalue weighted by Crippen LogP contribution is -2.23. The zero-order chi connectivity index (χ0) is 14.0. The minimum atomic E-state index is -0.614. The van der Waals surface area contributed by atoms with Crippen LogP contribution in [-0.2, 0) is 10.3 Å². The van der Waals surface area contributed by atoms with Crippen molar-refractivity contribution >= 4 is 0 Å².